The minimum atomic E-state index is -0.875. The van der Waals surface area contributed by atoms with E-state index in [2.05, 4.69) is 6.58 Å². The fourth-order valence-electron chi connectivity index (χ4n) is 5.47. The molecule has 0 radical (unpaired) electrons. The summed E-state index contributed by atoms with van der Waals surface area (Å²) in [5.41, 5.74) is 0.301. The lowest BCUT2D eigenvalue weighted by atomic mass is 9.69. The van der Waals surface area contributed by atoms with Gasteiger partial charge in [-0.3, -0.25) is 0 Å². The van der Waals surface area contributed by atoms with Crippen molar-refractivity contribution in [1.29, 1.82) is 0 Å². The maximum absolute atomic E-state index is 14.3. The SMILES string of the molecule is C=CCCC1CCC(C2CCC(COc3ccc(C4CO4)c(F)c3F)CC2)CC1. The zero-order valence-corrected chi connectivity index (χ0v) is 17.4. The molecule has 0 bridgehead atoms. The van der Waals surface area contributed by atoms with E-state index >= 15 is 0 Å². The van der Waals surface area contributed by atoms with Crippen molar-refractivity contribution in [2.45, 2.75) is 70.3 Å². The van der Waals surface area contributed by atoms with Gasteiger partial charge >= 0.3 is 0 Å². The molecule has 1 aromatic rings. The topological polar surface area (TPSA) is 21.8 Å². The smallest absolute Gasteiger partial charge is 0.200 e. The van der Waals surface area contributed by atoms with Crippen LogP contribution in [0.1, 0.15) is 75.9 Å². The maximum Gasteiger partial charge on any atom is 0.200 e. The number of hydrogen-bond acceptors (Lipinski definition) is 2. The van der Waals surface area contributed by atoms with Gasteiger partial charge in [0.25, 0.3) is 0 Å². The summed E-state index contributed by atoms with van der Waals surface area (Å²) in [6, 6.07) is 3.14. The Morgan fingerprint density at radius 1 is 0.931 bits per heavy atom. The highest BCUT2D eigenvalue weighted by atomic mass is 19.2. The second-order valence-corrected chi connectivity index (χ2v) is 9.34. The second-order valence-electron chi connectivity index (χ2n) is 9.34. The van der Waals surface area contributed by atoms with E-state index in [1.807, 2.05) is 6.08 Å². The van der Waals surface area contributed by atoms with Crippen molar-refractivity contribution in [1.82, 2.24) is 0 Å². The third-order valence-corrected chi connectivity index (χ3v) is 7.46. The van der Waals surface area contributed by atoms with Gasteiger partial charge in [0.1, 0.15) is 6.10 Å². The molecule has 2 nitrogen and oxygen atoms in total. The largest absolute Gasteiger partial charge is 0.490 e. The molecule has 1 aliphatic heterocycles. The monoisotopic (exact) mass is 404 g/mol. The van der Waals surface area contributed by atoms with Gasteiger partial charge in [-0.25, -0.2) is 4.39 Å². The minimum Gasteiger partial charge on any atom is -0.490 e. The lowest BCUT2D eigenvalue weighted by Gasteiger charge is -2.37. The van der Waals surface area contributed by atoms with E-state index in [1.54, 1.807) is 12.1 Å². The van der Waals surface area contributed by atoms with Crippen LogP contribution in [-0.2, 0) is 4.74 Å². The summed E-state index contributed by atoms with van der Waals surface area (Å²) in [5, 5.41) is 0. The molecule has 0 N–H and O–H groups in total. The predicted molar refractivity (Wildman–Crippen MR) is 111 cm³/mol. The van der Waals surface area contributed by atoms with Crippen molar-refractivity contribution in [2.75, 3.05) is 13.2 Å². The molecule has 2 saturated carbocycles. The van der Waals surface area contributed by atoms with Crippen LogP contribution in [0.2, 0.25) is 0 Å². The molecule has 160 valence electrons. The molecule has 0 aromatic heterocycles. The number of halogens is 2. The molecule has 1 atom stereocenters. The van der Waals surface area contributed by atoms with Crippen LogP contribution in [0.4, 0.5) is 8.78 Å². The number of rotatable bonds is 8. The molecular formula is C25H34F2O2. The van der Waals surface area contributed by atoms with Crippen molar-refractivity contribution >= 4 is 0 Å². The normalized spacial score (nSPS) is 32.0. The van der Waals surface area contributed by atoms with Gasteiger partial charge in [-0.05, 0) is 87.2 Å². The first-order valence-electron chi connectivity index (χ1n) is 11.5. The summed E-state index contributed by atoms with van der Waals surface area (Å²) >= 11 is 0. The predicted octanol–water partition coefficient (Wildman–Crippen LogP) is 6.99. The summed E-state index contributed by atoms with van der Waals surface area (Å²) in [4.78, 5) is 0. The molecule has 1 unspecified atom stereocenters. The molecule has 3 aliphatic rings. The Hall–Kier alpha value is -1.42. The van der Waals surface area contributed by atoms with Gasteiger partial charge in [-0.15, -0.1) is 6.58 Å². The van der Waals surface area contributed by atoms with Gasteiger partial charge in [-0.1, -0.05) is 18.9 Å². The Balaban J connectivity index is 1.20. The zero-order valence-electron chi connectivity index (χ0n) is 17.4. The van der Waals surface area contributed by atoms with Crippen LogP contribution >= 0.6 is 0 Å². The average Bonchev–Trinajstić information content (AvgIpc) is 3.59. The minimum absolute atomic E-state index is 0.0341. The van der Waals surface area contributed by atoms with Crippen LogP contribution < -0.4 is 4.74 Å². The number of allylic oxidation sites excluding steroid dienone is 1. The van der Waals surface area contributed by atoms with Gasteiger partial charge in [0, 0.05) is 5.56 Å². The molecule has 0 spiro atoms. The Morgan fingerprint density at radius 3 is 2.14 bits per heavy atom. The van der Waals surface area contributed by atoms with Crippen molar-refractivity contribution < 1.29 is 18.3 Å². The first-order valence-corrected chi connectivity index (χ1v) is 11.5. The maximum atomic E-state index is 14.3. The molecule has 1 aromatic carbocycles. The Morgan fingerprint density at radius 2 is 1.55 bits per heavy atom. The van der Waals surface area contributed by atoms with Gasteiger partial charge < -0.3 is 9.47 Å². The summed E-state index contributed by atoms with van der Waals surface area (Å²) in [5.74, 6) is 1.43. The van der Waals surface area contributed by atoms with E-state index in [1.165, 1.54) is 44.9 Å². The lowest BCUT2D eigenvalue weighted by molar-refractivity contribution is 0.120. The molecule has 4 heteroatoms. The van der Waals surface area contributed by atoms with Crippen molar-refractivity contribution in [3.05, 3.63) is 42.0 Å². The first kappa shape index (κ1) is 20.8. The molecule has 1 saturated heterocycles. The van der Waals surface area contributed by atoms with Crippen LogP contribution in [0.5, 0.6) is 5.75 Å². The molecule has 0 amide bonds. The van der Waals surface area contributed by atoms with Crippen molar-refractivity contribution in [3.63, 3.8) is 0 Å². The van der Waals surface area contributed by atoms with Crippen molar-refractivity contribution in [2.24, 2.45) is 23.7 Å². The van der Waals surface area contributed by atoms with Gasteiger partial charge in [0.05, 0.1) is 13.2 Å². The lowest BCUT2D eigenvalue weighted by Crippen LogP contribution is -2.27. The van der Waals surface area contributed by atoms with E-state index in [0.29, 0.717) is 24.7 Å². The van der Waals surface area contributed by atoms with E-state index in [9.17, 15) is 8.78 Å². The van der Waals surface area contributed by atoms with Crippen LogP contribution in [0.15, 0.2) is 24.8 Å². The van der Waals surface area contributed by atoms with Crippen LogP contribution in [0.3, 0.4) is 0 Å². The van der Waals surface area contributed by atoms with Gasteiger partial charge in [0.2, 0.25) is 5.82 Å². The zero-order chi connectivity index (χ0) is 20.2. The number of ether oxygens (including phenoxy) is 2. The van der Waals surface area contributed by atoms with E-state index in [4.69, 9.17) is 9.47 Å². The van der Waals surface area contributed by atoms with Crippen molar-refractivity contribution in [3.8, 4) is 5.75 Å². The standard InChI is InChI=1S/C25H34F2O2/c1-2-3-4-17-5-9-19(10-6-17)20-11-7-18(8-12-20)15-28-22-14-13-21(23-16-29-23)24(26)25(22)27/h2,13-14,17-20,23H,1,3-12,15-16H2. The van der Waals surface area contributed by atoms with E-state index < -0.39 is 11.6 Å². The molecule has 2 aliphatic carbocycles. The van der Waals surface area contributed by atoms with E-state index in [-0.39, 0.29) is 11.9 Å². The third kappa shape index (κ3) is 5.20. The third-order valence-electron chi connectivity index (χ3n) is 7.46. The molecule has 1 heterocycles. The number of epoxide rings is 1. The molecule has 4 rings (SSSR count). The first-order chi connectivity index (χ1) is 14.2. The summed E-state index contributed by atoms with van der Waals surface area (Å²) in [6.07, 6.45) is 14.5. The average molecular weight is 405 g/mol. The highest BCUT2D eigenvalue weighted by Crippen LogP contribution is 2.42. The van der Waals surface area contributed by atoms with Gasteiger partial charge in [-0.2, -0.15) is 4.39 Å². The number of benzene rings is 1. The summed E-state index contributed by atoms with van der Waals surface area (Å²) < 4.78 is 39.1. The molecule has 3 fully saturated rings. The van der Waals surface area contributed by atoms with Crippen LogP contribution in [-0.4, -0.2) is 13.2 Å². The summed E-state index contributed by atoms with van der Waals surface area (Å²) in [7, 11) is 0. The van der Waals surface area contributed by atoms with E-state index in [0.717, 1.165) is 37.0 Å². The second kappa shape index (κ2) is 9.59. The fraction of sp³-hybridized carbons (Fsp3) is 0.680. The highest BCUT2D eigenvalue weighted by molar-refractivity contribution is 5.33. The van der Waals surface area contributed by atoms with Crippen LogP contribution in [0, 0.1) is 35.3 Å². The number of hydrogen-bond donors (Lipinski definition) is 0. The summed E-state index contributed by atoms with van der Waals surface area (Å²) in [6.45, 7) is 4.79. The van der Waals surface area contributed by atoms with Gasteiger partial charge in [0.15, 0.2) is 11.6 Å². The highest BCUT2D eigenvalue weighted by Gasteiger charge is 2.32. The molecular weight excluding hydrogens is 370 g/mol. The Labute approximate surface area is 173 Å². The Kier molecular flexibility index (Phi) is 6.89. The molecule has 29 heavy (non-hydrogen) atoms. The van der Waals surface area contributed by atoms with Crippen LogP contribution in [0.25, 0.3) is 0 Å². The fourth-order valence-corrected chi connectivity index (χ4v) is 5.47. The Bertz CT molecular complexity index is 684. The quantitative estimate of drug-likeness (QED) is 0.344.